The summed E-state index contributed by atoms with van der Waals surface area (Å²) in [5.74, 6) is -1.71. The molecule has 0 aromatic heterocycles. The third-order valence-corrected chi connectivity index (χ3v) is 7.26. The van der Waals surface area contributed by atoms with Crippen LogP contribution in [0.5, 0.6) is 5.75 Å². The average Bonchev–Trinajstić information content (AvgIpc) is 3.32. The van der Waals surface area contributed by atoms with Gasteiger partial charge in [-0.05, 0) is 48.6 Å². The van der Waals surface area contributed by atoms with E-state index in [9.17, 15) is 19.2 Å². The zero-order valence-corrected chi connectivity index (χ0v) is 19.8. The molecule has 7 heteroatoms. The smallest absolute Gasteiger partial charge is 0.316 e. The van der Waals surface area contributed by atoms with Crippen LogP contribution >= 0.6 is 0 Å². The minimum absolute atomic E-state index is 0.0197. The van der Waals surface area contributed by atoms with Gasteiger partial charge in [-0.1, -0.05) is 49.4 Å². The number of anilines is 1. The van der Waals surface area contributed by atoms with Gasteiger partial charge in [0.2, 0.25) is 17.7 Å². The Morgan fingerprint density at radius 3 is 2.54 bits per heavy atom. The van der Waals surface area contributed by atoms with Gasteiger partial charge in [0.1, 0.15) is 5.75 Å². The first-order valence-electron chi connectivity index (χ1n) is 12.0. The predicted octanol–water partition coefficient (Wildman–Crippen LogP) is 3.65. The van der Waals surface area contributed by atoms with Gasteiger partial charge < -0.3 is 9.64 Å². The van der Waals surface area contributed by atoms with Gasteiger partial charge in [-0.25, -0.2) is 4.90 Å². The quantitative estimate of drug-likeness (QED) is 0.287. The van der Waals surface area contributed by atoms with Crippen molar-refractivity contribution in [1.82, 2.24) is 4.90 Å². The molecule has 0 unspecified atom stereocenters. The number of amides is 3. The number of hydrogen-bond acceptors (Lipinski definition) is 5. The van der Waals surface area contributed by atoms with Gasteiger partial charge in [0.15, 0.2) is 0 Å². The zero-order valence-electron chi connectivity index (χ0n) is 19.8. The number of benzene rings is 2. The first-order valence-corrected chi connectivity index (χ1v) is 12.0. The molecule has 2 fully saturated rings. The second-order valence-corrected chi connectivity index (χ2v) is 9.70. The Labute approximate surface area is 204 Å². The van der Waals surface area contributed by atoms with Crippen molar-refractivity contribution in [2.45, 2.75) is 33.2 Å². The highest BCUT2D eigenvalue weighted by Crippen LogP contribution is 2.41. The van der Waals surface area contributed by atoms with E-state index in [1.54, 1.807) is 30.0 Å². The predicted molar refractivity (Wildman–Crippen MR) is 129 cm³/mol. The summed E-state index contributed by atoms with van der Waals surface area (Å²) in [6.07, 6.45) is 4.67. The maximum Gasteiger partial charge on any atom is 0.316 e. The molecule has 1 aliphatic carbocycles. The first kappa shape index (κ1) is 23.0. The minimum Gasteiger partial charge on any atom is -0.426 e. The van der Waals surface area contributed by atoms with Crippen LogP contribution in [0.4, 0.5) is 5.69 Å². The lowest BCUT2D eigenvalue weighted by molar-refractivity contribution is -0.139. The van der Waals surface area contributed by atoms with E-state index >= 15 is 0 Å². The molecule has 3 aliphatic rings. The molecule has 0 N–H and O–H groups in total. The summed E-state index contributed by atoms with van der Waals surface area (Å²) in [6.45, 7) is 4.53. The number of likely N-dealkylation sites (tertiary alicyclic amines) is 1. The molecule has 2 saturated heterocycles. The van der Waals surface area contributed by atoms with Crippen molar-refractivity contribution in [2.24, 2.45) is 23.7 Å². The van der Waals surface area contributed by atoms with Crippen LogP contribution in [-0.4, -0.2) is 35.1 Å². The monoisotopic (exact) mass is 472 g/mol. The first-order chi connectivity index (χ1) is 16.8. The Hall–Kier alpha value is -3.74. The highest BCUT2D eigenvalue weighted by molar-refractivity contribution is 6.22. The third-order valence-electron chi connectivity index (χ3n) is 7.26. The molecule has 2 aromatic rings. The van der Waals surface area contributed by atoms with Gasteiger partial charge in [0.05, 0.1) is 23.4 Å². The van der Waals surface area contributed by atoms with Crippen LogP contribution in [0.1, 0.15) is 30.9 Å². The van der Waals surface area contributed by atoms with E-state index < -0.39 is 11.9 Å². The van der Waals surface area contributed by atoms with Crippen molar-refractivity contribution in [3.63, 3.8) is 0 Å². The van der Waals surface area contributed by atoms with Crippen LogP contribution in [-0.2, 0) is 25.7 Å². The number of rotatable bonds is 5. The number of carbonyl (C=O) groups is 4. The number of carbonyl (C=O) groups excluding carboxylic acids is 4. The molecule has 2 heterocycles. The molecule has 0 bridgehead atoms. The van der Waals surface area contributed by atoms with E-state index in [2.05, 4.69) is 0 Å². The molecular formula is C28H28N2O5. The zero-order chi connectivity index (χ0) is 24.7. The normalized spacial score (nSPS) is 25.8. The van der Waals surface area contributed by atoms with E-state index in [-0.39, 0.29) is 41.9 Å². The number of esters is 1. The van der Waals surface area contributed by atoms with E-state index in [0.717, 1.165) is 5.56 Å². The van der Waals surface area contributed by atoms with Crippen LogP contribution in [0.25, 0.3) is 0 Å². The lowest BCUT2D eigenvalue weighted by Crippen LogP contribution is -2.32. The molecule has 35 heavy (non-hydrogen) atoms. The fraction of sp³-hybridized carbons (Fsp3) is 0.357. The lowest BCUT2D eigenvalue weighted by Gasteiger charge is -2.22. The largest absolute Gasteiger partial charge is 0.426 e. The molecule has 0 radical (unpaired) electrons. The lowest BCUT2D eigenvalue weighted by atomic mass is 9.78. The number of ether oxygens (including phenoxy) is 1. The van der Waals surface area contributed by atoms with Gasteiger partial charge >= 0.3 is 5.97 Å². The number of fused-ring (bicyclic) bond motifs is 1. The van der Waals surface area contributed by atoms with Crippen molar-refractivity contribution in [1.29, 1.82) is 0 Å². The Morgan fingerprint density at radius 1 is 1.06 bits per heavy atom. The fourth-order valence-corrected chi connectivity index (χ4v) is 5.41. The van der Waals surface area contributed by atoms with E-state index in [1.165, 1.54) is 4.90 Å². The molecule has 180 valence electrons. The highest BCUT2D eigenvalue weighted by Gasteiger charge is 2.50. The fourth-order valence-electron chi connectivity index (χ4n) is 5.41. The summed E-state index contributed by atoms with van der Waals surface area (Å²) in [5, 5.41) is 0. The molecule has 3 amide bonds. The molecule has 0 saturated carbocycles. The van der Waals surface area contributed by atoms with Gasteiger partial charge in [-0.15, -0.1) is 0 Å². The molecule has 2 aliphatic heterocycles. The summed E-state index contributed by atoms with van der Waals surface area (Å²) in [4.78, 5) is 54.3. The molecular weight excluding hydrogens is 444 g/mol. The molecule has 7 nitrogen and oxygen atoms in total. The Kier molecular flexibility index (Phi) is 6.01. The Bertz CT molecular complexity index is 1220. The second kappa shape index (κ2) is 9.13. The van der Waals surface area contributed by atoms with E-state index in [4.69, 9.17) is 4.74 Å². The van der Waals surface area contributed by atoms with Crippen molar-refractivity contribution in [2.75, 3.05) is 11.4 Å². The van der Waals surface area contributed by atoms with E-state index in [0.29, 0.717) is 36.5 Å². The third kappa shape index (κ3) is 4.27. The molecule has 2 aromatic carbocycles. The van der Waals surface area contributed by atoms with E-state index in [1.807, 2.05) is 49.4 Å². The second-order valence-electron chi connectivity index (χ2n) is 9.70. The van der Waals surface area contributed by atoms with Crippen LogP contribution in [0.15, 0.2) is 60.7 Å². The maximum atomic E-state index is 13.1. The summed E-state index contributed by atoms with van der Waals surface area (Å²) in [7, 11) is 0. The summed E-state index contributed by atoms with van der Waals surface area (Å²) < 4.78 is 5.59. The van der Waals surface area contributed by atoms with Crippen LogP contribution in [0.3, 0.4) is 0 Å². The van der Waals surface area contributed by atoms with Crippen molar-refractivity contribution in [3.05, 3.63) is 71.8 Å². The standard InChI is InChI=1S/C28H28N2O5/c1-17-7-6-10-22-25(17)27(33)30(26(22)32)23-12-11-21(13-18(23)2)35-28(34)20-14-24(31)29(16-20)15-19-8-4-3-5-9-19/h3-9,11-13,17,20,22,25H,10,14-16H2,1-2H3/t17-,20-,22-,25+/m1/s1. The number of hydrogen-bond donors (Lipinski definition) is 0. The highest BCUT2D eigenvalue weighted by atomic mass is 16.5. The molecule has 4 atom stereocenters. The van der Waals surface area contributed by atoms with Crippen molar-refractivity contribution in [3.8, 4) is 5.75 Å². The average molecular weight is 473 g/mol. The Balaban J connectivity index is 1.26. The van der Waals surface area contributed by atoms with Crippen LogP contribution < -0.4 is 9.64 Å². The van der Waals surface area contributed by atoms with Gasteiger partial charge in [-0.2, -0.15) is 0 Å². The van der Waals surface area contributed by atoms with Crippen LogP contribution in [0, 0.1) is 30.6 Å². The topological polar surface area (TPSA) is 84.0 Å². The summed E-state index contributed by atoms with van der Waals surface area (Å²) >= 11 is 0. The number of nitrogens with zero attached hydrogens (tertiary/aromatic N) is 2. The van der Waals surface area contributed by atoms with Gasteiger partial charge in [0, 0.05) is 19.5 Å². The van der Waals surface area contributed by atoms with Crippen LogP contribution in [0.2, 0.25) is 0 Å². The number of imide groups is 1. The Morgan fingerprint density at radius 2 is 1.83 bits per heavy atom. The molecule has 5 rings (SSSR count). The summed E-state index contributed by atoms with van der Waals surface area (Å²) in [6, 6.07) is 14.6. The summed E-state index contributed by atoms with van der Waals surface area (Å²) in [5.41, 5.74) is 2.20. The minimum atomic E-state index is -0.537. The van der Waals surface area contributed by atoms with Gasteiger partial charge in [0.25, 0.3) is 0 Å². The number of aryl methyl sites for hydroxylation is 1. The van der Waals surface area contributed by atoms with Gasteiger partial charge in [-0.3, -0.25) is 19.2 Å². The SMILES string of the molecule is Cc1cc(OC(=O)[C@@H]2CC(=O)N(Cc3ccccc3)C2)ccc1N1C(=O)[C@H]2[C@H](C)C=CC[C@H]2C1=O. The van der Waals surface area contributed by atoms with Crippen molar-refractivity contribution < 1.29 is 23.9 Å². The maximum absolute atomic E-state index is 13.1. The molecule has 0 spiro atoms. The van der Waals surface area contributed by atoms with Crippen molar-refractivity contribution >= 4 is 29.4 Å². The number of allylic oxidation sites excluding steroid dienone is 2.